The first kappa shape index (κ1) is 22.9. The summed E-state index contributed by atoms with van der Waals surface area (Å²) >= 11 is 0. The summed E-state index contributed by atoms with van der Waals surface area (Å²) in [5.41, 5.74) is 2.08. The Bertz CT molecular complexity index is 695. The van der Waals surface area contributed by atoms with Gasteiger partial charge in [-0.05, 0) is 31.4 Å². The number of nitrogens with one attached hydrogen (secondary N) is 1. The van der Waals surface area contributed by atoms with Crippen LogP contribution in [0.5, 0.6) is 0 Å². The monoisotopic (exact) mass is 501 g/mol. The first-order valence-corrected chi connectivity index (χ1v) is 9.79. The molecule has 0 aliphatic carbocycles. The number of fused-ring (bicyclic) bond motifs is 1. The molecule has 0 amide bonds. The Hall–Kier alpha value is -1.39. The maximum Gasteiger partial charge on any atom is 0.193 e. The van der Waals surface area contributed by atoms with Crippen molar-refractivity contribution in [3.63, 3.8) is 0 Å². The highest BCUT2D eigenvalue weighted by Crippen LogP contribution is 2.14. The first-order valence-electron chi connectivity index (χ1n) is 9.79. The van der Waals surface area contributed by atoms with Crippen molar-refractivity contribution in [2.45, 2.75) is 31.8 Å². The molecule has 0 atom stereocenters. The molecule has 1 aliphatic heterocycles. The van der Waals surface area contributed by atoms with Crippen LogP contribution in [-0.2, 0) is 15.9 Å². The van der Waals surface area contributed by atoms with E-state index in [1.807, 2.05) is 31.4 Å². The van der Waals surface area contributed by atoms with Crippen LogP contribution in [0.1, 0.15) is 25.0 Å². The quantitative estimate of drug-likeness (QED) is 0.261. The molecular formula is C20H32IN5O2. The Morgan fingerprint density at radius 3 is 2.82 bits per heavy atom. The summed E-state index contributed by atoms with van der Waals surface area (Å²) in [7, 11) is 3.58. The Kier molecular flexibility index (Phi) is 10.0. The molecule has 0 saturated carbocycles. The molecule has 0 aromatic carbocycles. The van der Waals surface area contributed by atoms with Crippen LogP contribution in [0.3, 0.4) is 0 Å². The second kappa shape index (κ2) is 12.2. The number of aromatic nitrogens is 2. The fraction of sp³-hybridized carbons (Fsp3) is 0.600. The highest BCUT2D eigenvalue weighted by Gasteiger charge is 2.21. The number of likely N-dealkylation sites (tertiary alicyclic amines) is 1. The fourth-order valence-corrected chi connectivity index (χ4v) is 3.43. The van der Waals surface area contributed by atoms with Crippen molar-refractivity contribution in [2.75, 3.05) is 47.0 Å². The minimum Gasteiger partial charge on any atom is -0.385 e. The number of nitrogens with zero attached hydrogens (tertiary/aromatic N) is 4. The smallest absolute Gasteiger partial charge is 0.193 e. The van der Waals surface area contributed by atoms with Gasteiger partial charge in [-0.2, -0.15) is 0 Å². The van der Waals surface area contributed by atoms with E-state index in [4.69, 9.17) is 9.47 Å². The Labute approximate surface area is 184 Å². The van der Waals surface area contributed by atoms with Gasteiger partial charge >= 0.3 is 0 Å². The zero-order valence-corrected chi connectivity index (χ0v) is 19.2. The summed E-state index contributed by atoms with van der Waals surface area (Å²) in [5.74, 6) is 0.969. The number of halogens is 1. The van der Waals surface area contributed by atoms with Gasteiger partial charge in [0.1, 0.15) is 5.65 Å². The summed E-state index contributed by atoms with van der Waals surface area (Å²) < 4.78 is 13.1. The fourth-order valence-electron chi connectivity index (χ4n) is 3.43. The first-order chi connectivity index (χ1) is 13.3. The molecule has 1 N–H and O–H groups in total. The van der Waals surface area contributed by atoms with Gasteiger partial charge in [-0.1, -0.05) is 6.07 Å². The lowest BCUT2D eigenvalue weighted by Gasteiger charge is -2.34. The Morgan fingerprint density at radius 1 is 1.29 bits per heavy atom. The summed E-state index contributed by atoms with van der Waals surface area (Å²) in [6.45, 7) is 4.32. The number of aliphatic imine (C=N–C) groups is 1. The molecule has 7 nitrogen and oxygen atoms in total. The van der Waals surface area contributed by atoms with Gasteiger partial charge in [0.15, 0.2) is 5.96 Å². The van der Waals surface area contributed by atoms with Crippen molar-refractivity contribution in [2.24, 2.45) is 4.99 Å². The molecule has 0 spiro atoms. The molecule has 1 saturated heterocycles. The molecule has 0 unspecified atom stereocenters. The summed E-state index contributed by atoms with van der Waals surface area (Å²) in [4.78, 5) is 11.4. The zero-order valence-electron chi connectivity index (χ0n) is 16.8. The average Bonchev–Trinajstić information content (AvgIpc) is 3.12. The summed E-state index contributed by atoms with van der Waals surface area (Å²) in [6, 6.07) is 6.05. The molecule has 1 aliphatic rings. The van der Waals surface area contributed by atoms with E-state index in [1.165, 1.54) is 0 Å². The minimum absolute atomic E-state index is 0. The zero-order chi connectivity index (χ0) is 18.9. The van der Waals surface area contributed by atoms with Gasteiger partial charge in [-0.3, -0.25) is 4.99 Å². The van der Waals surface area contributed by atoms with Crippen LogP contribution < -0.4 is 5.32 Å². The number of guanidine groups is 1. The van der Waals surface area contributed by atoms with Gasteiger partial charge in [0.05, 0.1) is 11.8 Å². The van der Waals surface area contributed by atoms with E-state index in [1.54, 1.807) is 7.11 Å². The van der Waals surface area contributed by atoms with Crippen molar-refractivity contribution >= 4 is 35.6 Å². The number of piperidine rings is 1. The molecule has 3 rings (SSSR count). The highest BCUT2D eigenvalue weighted by molar-refractivity contribution is 14.0. The van der Waals surface area contributed by atoms with Crippen LogP contribution in [0.2, 0.25) is 0 Å². The molecule has 0 bridgehead atoms. The van der Waals surface area contributed by atoms with Crippen LogP contribution in [0.15, 0.2) is 35.6 Å². The molecule has 2 aromatic rings. The largest absolute Gasteiger partial charge is 0.385 e. The molecule has 1 fully saturated rings. The van der Waals surface area contributed by atoms with Gasteiger partial charge in [-0.25, -0.2) is 4.98 Å². The van der Waals surface area contributed by atoms with Crippen LogP contribution in [-0.4, -0.2) is 73.4 Å². The normalized spacial score (nSPS) is 15.6. The van der Waals surface area contributed by atoms with E-state index in [0.717, 1.165) is 75.8 Å². The predicted molar refractivity (Wildman–Crippen MR) is 123 cm³/mol. The number of pyridine rings is 1. The standard InChI is InChI=1S/C20H31N5O2.HI/c1-21-20(24-12-8-18(9-13-24)27-15-5-14-26-2)22-10-7-17-16-25-11-4-3-6-19(25)23-17;/h3-4,6,11,16,18H,5,7-10,12-15H2,1-2H3,(H,21,22);1H. The van der Waals surface area contributed by atoms with Gasteiger partial charge in [0.25, 0.3) is 0 Å². The third-order valence-electron chi connectivity index (χ3n) is 4.88. The van der Waals surface area contributed by atoms with E-state index in [2.05, 4.69) is 30.8 Å². The number of hydrogen-bond donors (Lipinski definition) is 1. The molecule has 28 heavy (non-hydrogen) atoms. The number of hydrogen-bond acceptors (Lipinski definition) is 4. The third kappa shape index (κ3) is 6.59. The topological polar surface area (TPSA) is 63.4 Å². The highest BCUT2D eigenvalue weighted by atomic mass is 127. The van der Waals surface area contributed by atoms with Crippen LogP contribution >= 0.6 is 24.0 Å². The van der Waals surface area contributed by atoms with Crippen molar-refractivity contribution in [1.82, 2.24) is 19.6 Å². The second-order valence-corrected chi connectivity index (χ2v) is 6.83. The molecular weight excluding hydrogens is 469 g/mol. The van der Waals surface area contributed by atoms with Crippen molar-refractivity contribution in [3.05, 3.63) is 36.3 Å². The van der Waals surface area contributed by atoms with Gasteiger partial charge in [0, 0.05) is 65.8 Å². The number of methoxy groups -OCH3 is 1. The van der Waals surface area contributed by atoms with E-state index in [0.29, 0.717) is 6.10 Å². The lowest BCUT2D eigenvalue weighted by atomic mass is 10.1. The maximum atomic E-state index is 5.94. The van der Waals surface area contributed by atoms with Crippen molar-refractivity contribution in [3.8, 4) is 0 Å². The molecule has 8 heteroatoms. The molecule has 3 heterocycles. The van der Waals surface area contributed by atoms with E-state index in [-0.39, 0.29) is 24.0 Å². The average molecular weight is 501 g/mol. The predicted octanol–water partition coefficient (Wildman–Crippen LogP) is 2.59. The Balaban J connectivity index is 0.00000280. The van der Waals surface area contributed by atoms with Crippen molar-refractivity contribution in [1.29, 1.82) is 0 Å². The summed E-state index contributed by atoms with van der Waals surface area (Å²) in [5, 5.41) is 3.48. The number of ether oxygens (including phenoxy) is 2. The number of rotatable bonds is 8. The van der Waals surface area contributed by atoms with Crippen LogP contribution in [0.4, 0.5) is 0 Å². The Morgan fingerprint density at radius 2 is 2.11 bits per heavy atom. The molecule has 0 radical (unpaired) electrons. The molecule has 156 valence electrons. The lowest BCUT2D eigenvalue weighted by Crippen LogP contribution is -2.47. The van der Waals surface area contributed by atoms with Crippen molar-refractivity contribution < 1.29 is 9.47 Å². The third-order valence-corrected chi connectivity index (χ3v) is 4.88. The lowest BCUT2D eigenvalue weighted by molar-refractivity contribution is 0.00992. The van der Waals surface area contributed by atoms with E-state index in [9.17, 15) is 0 Å². The van der Waals surface area contributed by atoms with E-state index < -0.39 is 0 Å². The molecule has 2 aromatic heterocycles. The van der Waals surface area contributed by atoms with Gasteiger partial charge in [-0.15, -0.1) is 24.0 Å². The maximum absolute atomic E-state index is 5.94. The van der Waals surface area contributed by atoms with Crippen LogP contribution in [0, 0.1) is 0 Å². The minimum atomic E-state index is 0. The number of imidazole rings is 1. The van der Waals surface area contributed by atoms with Gasteiger partial charge < -0.3 is 24.1 Å². The van der Waals surface area contributed by atoms with Crippen LogP contribution in [0.25, 0.3) is 5.65 Å². The van der Waals surface area contributed by atoms with E-state index >= 15 is 0 Å². The second-order valence-electron chi connectivity index (χ2n) is 6.83. The summed E-state index contributed by atoms with van der Waals surface area (Å²) in [6.07, 6.45) is 8.39. The van der Waals surface area contributed by atoms with Gasteiger partial charge in [0.2, 0.25) is 0 Å². The SMILES string of the molecule is CN=C(NCCc1cn2ccccc2n1)N1CCC(OCCCOC)CC1.I.